The predicted molar refractivity (Wildman–Crippen MR) is 123 cm³/mol. The fraction of sp³-hybridized carbons (Fsp3) is 0.150. The van der Waals surface area contributed by atoms with E-state index in [1.807, 2.05) is 6.07 Å². The Morgan fingerprint density at radius 3 is 2.65 bits per heavy atom. The van der Waals surface area contributed by atoms with Crippen LogP contribution in [-0.4, -0.2) is 44.9 Å². The molecule has 0 bridgehead atoms. The highest BCUT2D eigenvalue weighted by molar-refractivity contribution is 7.91. The number of nitrogens with zero attached hydrogens (tertiary/aromatic N) is 4. The fourth-order valence-corrected chi connectivity index (χ4v) is 6.55. The molecule has 0 saturated carbocycles. The number of H-pyrrole nitrogens is 1. The number of fused-ring (bicyclic) bond motifs is 1. The van der Waals surface area contributed by atoms with E-state index in [0.717, 1.165) is 34.5 Å². The number of hydrogen-bond acceptors (Lipinski definition) is 11. The Bertz CT molecular complexity index is 1670. The highest BCUT2D eigenvalue weighted by Crippen LogP contribution is 2.36. The Balaban J connectivity index is 1.51. The Kier molecular flexibility index (Phi) is 5.50. The zero-order valence-corrected chi connectivity index (χ0v) is 19.7. The molecule has 5 rings (SSSR count). The van der Waals surface area contributed by atoms with Crippen molar-refractivity contribution in [1.82, 2.24) is 25.1 Å². The number of halogens is 1. The molecule has 174 valence electrons. The third kappa shape index (κ3) is 4.34. The molecule has 1 unspecified atom stereocenters. The SMILES string of the molecule is CS(=O)(=O)C(c1nnc(Cc2sc(=O)[nH]c2O)o1)c1nc2ccc(-c3ccc(F)nc3)cc2s1. The molecule has 0 spiro atoms. The van der Waals surface area contributed by atoms with E-state index in [9.17, 15) is 22.7 Å². The first kappa shape index (κ1) is 22.3. The van der Waals surface area contributed by atoms with Crippen LogP contribution in [0.3, 0.4) is 0 Å². The quantitative estimate of drug-likeness (QED) is 0.322. The summed E-state index contributed by atoms with van der Waals surface area (Å²) in [5, 5.41) is 16.5. The fourth-order valence-electron chi connectivity index (χ4n) is 3.31. The normalized spacial score (nSPS) is 12.9. The van der Waals surface area contributed by atoms with Crippen molar-refractivity contribution in [2.45, 2.75) is 11.7 Å². The third-order valence-corrected chi connectivity index (χ3v) is 8.22. The largest absolute Gasteiger partial charge is 0.494 e. The molecule has 0 fully saturated rings. The zero-order valence-electron chi connectivity index (χ0n) is 17.2. The van der Waals surface area contributed by atoms with E-state index in [2.05, 4.69) is 25.1 Å². The smallest absolute Gasteiger partial charge is 0.307 e. The lowest BCUT2D eigenvalue weighted by molar-refractivity contribution is 0.438. The second-order valence-corrected chi connectivity index (χ2v) is 11.6. The molecule has 5 aromatic rings. The van der Waals surface area contributed by atoms with Crippen molar-refractivity contribution in [2.75, 3.05) is 6.26 Å². The molecule has 4 aromatic heterocycles. The maximum absolute atomic E-state index is 13.1. The number of thiazole rings is 2. The maximum Gasteiger partial charge on any atom is 0.307 e. The van der Waals surface area contributed by atoms with Gasteiger partial charge in [0.1, 0.15) is 5.01 Å². The van der Waals surface area contributed by atoms with E-state index in [1.54, 1.807) is 18.2 Å². The maximum atomic E-state index is 13.1. The van der Waals surface area contributed by atoms with Crippen molar-refractivity contribution in [3.05, 3.63) is 73.8 Å². The Morgan fingerprint density at radius 2 is 1.97 bits per heavy atom. The lowest BCUT2D eigenvalue weighted by Crippen LogP contribution is -2.13. The highest BCUT2D eigenvalue weighted by atomic mass is 32.2. The first-order valence-electron chi connectivity index (χ1n) is 9.62. The first-order chi connectivity index (χ1) is 16.2. The molecule has 0 aliphatic carbocycles. The topological polar surface area (TPSA) is 152 Å². The van der Waals surface area contributed by atoms with E-state index in [-0.39, 0.29) is 29.1 Å². The minimum Gasteiger partial charge on any atom is -0.494 e. The lowest BCUT2D eigenvalue weighted by Gasteiger charge is -2.07. The number of hydrogen-bond donors (Lipinski definition) is 2. The van der Waals surface area contributed by atoms with E-state index in [0.29, 0.717) is 20.7 Å². The van der Waals surface area contributed by atoms with E-state index < -0.39 is 25.9 Å². The minimum absolute atomic E-state index is 0.0341. The van der Waals surface area contributed by atoms with Crippen LogP contribution in [0, 0.1) is 5.95 Å². The van der Waals surface area contributed by atoms with Gasteiger partial charge in [-0.05, 0) is 29.8 Å². The average Bonchev–Trinajstić information content (AvgIpc) is 3.46. The van der Waals surface area contributed by atoms with E-state index in [4.69, 9.17) is 4.42 Å². The molecule has 1 aromatic carbocycles. The number of nitrogens with one attached hydrogen (secondary N) is 1. The number of aromatic hydroxyl groups is 1. The van der Waals surface area contributed by atoms with E-state index >= 15 is 0 Å². The number of benzene rings is 1. The second-order valence-electron chi connectivity index (χ2n) is 7.31. The van der Waals surface area contributed by atoms with Gasteiger partial charge in [0.2, 0.25) is 23.6 Å². The summed E-state index contributed by atoms with van der Waals surface area (Å²) >= 11 is 1.95. The molecule has 4 heterocycles. The highest BCUT2D eigenvalue weighted by Gasteiger charge is 2.34. The van der Waals surface area contributed by atoms with Gasteiger partial charge in [0.05, 0.1) is 21.5 Å². The van der Waals surface area contributed by atoms with Crippen molar-refractivity contribution in [3.63, 3.8) is 0 Å². The molecule has 0 aliphatic heterocycles. The van der Waals surface area contributed by atoms with Crippen LogP contribution in [0.25, 0.3) is 21.3 Å². The molecule has 0 radical (unpaired) electrons. The summed E-state index contributed by atoms with van der Waals surface area (Å²) in [4.78, 5) is 21.6. The summed E-state index contributed by atoms with van der Waals surface area (Å²) in [7, 11) is -3.75. The summed E-state index contributed by atoms with van der Waals surface area (Å²) in [5.74, 6) is -1.00. The van der Waals surface area contributed by atoms with Crippen LogP contribution in [0.1, 0.15) is 26.9 Å². The van der Waals surface area contributed by atoms with Gasteiger partial charge in [0, 0.05) is 18.0 Å². The summed E-state index contributed by atoms with van der Waals surface area (Å²) < 4.78 is 44.8. The van der Waals surface area contributed by atoms with Crippen LogP contribution >= 0.6 is 22.7 Å². The van der Waals surface area contributed by atoms with Gasteiger partial charge in [0.25, 0.3) is 0 Å². The summed E-state index contributed by atoms with van der Waals surface area (Å²) in [5.41, 5.74) is 2.06. The summed E-state index contributed by atoms with van der Waals surface area (Å²) in [6.45, 7) is 0. The predicted octanol–water partition coefficient (Wildman–Crippen LogP) is 3.06. The zero-order chi connectivity index (χ0) is 24.0. The summed E-state index contributed by atoms with van der Waals surface area (Å²) in [6, 6.07) is 8.21. The molecule has 2 N–H and O–H groups in total. The Hall–Kier alpha value is -3.49. The van der Waals surface area contributed by atoms with Gasteiger partial charge < -0.3 is 9.52 Å². The molecular weight excluding hydrogens is 505 g/mol. The van der Waals surface area contributed by atoms with Crippen LogP contribution < -0.4 is 4.87 Å². The van der Waals surface area contributed by atoms with Crippen LogP contribution in [0.15, 0.2) is 45.7 Å². The molecule has 0 amide bonds. The van der Waals surface area contributed by atoms with Crippen molar-refractivity contribution in [3.8, 4) is 17.0 Å². The van der Waals surface area contributed by atoms with Crippen LogP contribution in [0.4, 0.5) is 4.39 Å². The molecular formula is C20H14FN5O5S3. The number of rotatable bonds is 6. The van der Waals surface area contributed by atoms with Crippen molar-refractivity contribution < 1.29 is 22.3 Å². The minimum atomic E-state index is -3.75. The summed E-state index contributed by atoms with van der Waals surface area (Å²) in [6.07, 6.45) is 2.43. The van der Waals surface area contributed by atoms with Crippen LogP contribution in [-0.2, 0) is 16.3 Å². The molecule has 14 heteroatoms. The molecule has 0 aliphatic rings. The van der Waals surface area contributed by atoms with Crippen LogP contribution in [0.2, 0.25) is 0 Å². The van der Waals surface area contributed by atoms with Crippen molar-refractivity contribution in [2.24, 2.45) is 0 Å². The molecule has 1 atom stereocenters. The number of pyridine rings is 1. The van der Waals surface area contributed by atoms with Crippen LogP contribution in [0.5, 0.6) is 5.88 Å². The number of sulfone groups is 1. The van der Waals surface area contributed by atoms with Crippen molar-refractivity contribution >= 4 is 42.7 Å². The number of aromatic nitrogens is 5. The van der Waals surface area contributed by atoms with Gasteiger partial charge >= 0.3 is 4.87 Å². The molecule has 34 heavy (non-hydrogen) atoms. The van der Waals surface area contributed by atoms with Gasteiger partial charge in [0.15, 0.2) is 15.1 Å². The second kappa shape index (κ2) is 8.38. The van der Waals surface area contributed by atoms with Gasteiger partial charge in [-0.1, -0.05) is 17.4 Å². The lowest BCUT2D eigenvalue weighted by atomic mass is 10.1. The van der Waals surface area contributed by atoms with Gasteiger partial charge in [-0.3, -0.25) is 9.78 Å². The third-order valence-electron chi connectivity index (χ3n) is 4.84. The van der Waals surface area contributed by atoms with Crippen molar-refractivity contribution in [1.29, 1.82) is 0 Å². The Labute approximate surface area is 198 Å². The van der Waals surface area contributed by atoms with Gasteiger partial charge in [-0.25, -0.2) is 18.4 Å². The average molecular weight is 520 g/mol. The monoisotopic (exact) mass is 519 g/mol. The van der Waals surface area contributed by atoms with Gasteiger partial charge in [-0.15, -0.1) is 21.5 Å². The molecule has 10 nitrogen and oxygen atoms in total. The number of aromatic amines is 1. The van der Waals surface area contributed by atoms with Gasteiger partial charge in [-0.2, -0.15) is 4.39 Å². The molecule has 0 saturated heterocycles. The first-order valence-corrected chi connectivity index (χ1v) is 13.2. The Morgan fingerprint density at radius 1 is 1.18 bits per heavy atom. The standard InChI is InChI=1S/C20H14FN5O5S3/c1-34(29,30)16(18-26-25-15(31-18)7-13-17(27)24-20(28)33-13)19-23-11-4-2-9(6-12(11)32-19)10-3-5-14(21)22-8-10/h2-6,8,16,27H,7H2,1H3,(H,24,28). The van der Waals surface area contributed by atoms with E-state index in [1.165, 1.54) is 12.3 Å².